The van der Waals surface area contributed by atoms with Crippen molar-refractivity contribution in [3.63, 3.8) is 0 Å². The molecule has 0 aromatic heterocycles. The molecule has 0 radical (unpaired) electrons. The number of carbonyl (C=O) groups excluding carboxylic acids is 2. The molecule has 8 nitrogen and oxygen atoms in total. The highest BCUT2D eigenvalue weighted by Gasteiger charge is 2.43. The Morgan fingerprint density at radius 1 is 1.17 bits per heavy atom. The van der Waals surface area contributed by atoms with Crippen molar-refractivity contribution >= 4 is 20.5 Å². The number of carbonyl (C=O) groups is 2. The fourth-order valence-corrected chi connectivity index (χ4v) is 3.64. The zero-order valence-electron chi connectivity index (χ0n) is 17.6. The lowest BCUT2D eigenvalue weighted by Gasteiger charge is -2.23. The van der Waals surface area contributed by atoms with Crippen LogP contribution in [0.3, 0.4) is 0 Å². The van der Waals surface area contributed by atoms with E-state index >= 15 is 0 Å². The Morgan fingerprint density at radius 3 is 2.48 bits per heavy atom. The van der Waals surface area contributed by atoms with Crippen molar-refractivity contribution in [1.29, 1.82) is 0 Å². The number of benzene rings is 1. The molecule has 1 fully saturated rings. The molecule has 2 rings (SSSR count). The van der Waals surface area contributed by atoms with E-state index in [9.17, 15) is 9.59 Å². The van der Waals surface area contributed by atoms with Crippen LogP contribution in [0.4, 0.5) is 0 Å². The largest absolute Gasteiger partial charge is 0.456 e. The Kier molecular flexibility index (Phi) is 9.46. The molecule has 5 atom stereocenters. The third kappa shape index (κ3) is 7.01. The topological polar surface area (TPSA) is 83.5 Å². The third-order valence-corrected chi connectivity index (χ3v) is 5.97. The van der Waals surface area contributed by atoms with Crippen LogP contribution in [0.15, 0.2) is 30.3 Å². The number of likely N-dealkylation sites (N-methyl/N-ethyl adjacent to an activating group) is 1. The van der Waals surface area contributed by atoms with Crippen LogP contribution in [-0.4, -0.2) is 69.0 Å². The van der Waals surface area contributed by atoms with Gasteiger partial charge in [-0.2, -0.15) is 0 Å². The average Bonchev–Trinajstić information content (AvgIpc) is 2.98. The Morgan fingerprint density at radius 2 is 1.86 bits per heavy atom. The van der Waals surface area contributed by atoms with Crippen LogP contribution in [0, 0.1) is 5.92 Å². The van der Waals surface area contributed by atoms with Gasteiger partial charge < -0.3 is 27.9 Å². The standard InChI is InChI=1S/C20H30NO7P/c1-14-15(2)27-18(19(14)28-20(23)17-9-7-6-8-10-17)13-26-29(24-5)25-12-11-21(4)16(3)22/h6-10,14-15,18-19H,11-13H2,1-5H3/t14-,15-,18+,19-,29?/m0/s1. The van der Waals surface area contributed by atoms with Gasteiger partial charge in [-0.25, -0.2) is 4.79 Å². The van der Waals surface area contributed by atoms with Crippen molar-refractivity contribution in [2.45, 2.75) is 39.1 Å². The van der Waals surface area contributed by atoms with Crippen molar-refractivity contribution in [3.8, 4) is 0 Å². The van der Waals surface area contributed by atoms with Gasteiger partial charge in [0.1, 0.15) is 12.2 Å². The van der Waals surface area contributed by atoms with Gasteiger partial charge >= 0.3 is 14.6 Å². The smallest absolute Gasteiger partial charge is 0.338 e. The Bertz CT molecular complexity index is 659. The van der Waals surface area contributed by atoms with Gasteiger partial charge in [0.25, 0.3) is 0 Å². The maximum absolute atomic E-state index is 12.5. The van der Waals surface area contributed by atoms with E-state index in [4.69, 9.17) is 23.0 Å². The molecule has 1 aromatic rings. The Hall–Kier alpha value is -1.57. The molecule has 0 spiro atoms. The maximum Gasteiger partial charge on any atom is 0.338 e. The lowest BCUT2D eigenvalue weighted by Crippen LogP contribution is -2.34. The summed E-state index contributed by atoms with van der Waals surface area (Å²) >= 11 is 0. The highest BCUT2D eigenvalue weighted by Crippen LogP contribution is 2.40. The second-order valence-corrected chi connectivity index (χ2v) is 8.28. The van der Waals surface area contributed by atoms with Gasteiger partial charge in [0, 0.05) is 33.5 Å². The van der Waals surface area contributed by atoms with E-state index in [0.717, 1.165) is 0 Å². The molecule has 9 heteroatoms. The second kappa shape index (κ2) is 11.6. The van der Waals surface area contributed by atoms with E-state index in [2.05, 4.69) is 0 Å². The summed E-state index contributed by atoms with van der Waals surface area (Å²) in [6, 6.07) is 8.86. The van der Waals surface area contributed by atoms with Gasteiger partial charge in [-0.15, -0.1) is 0 Å². The highest BCUT2D eigenvalue weighted by molar-refractivity contribution is 7.41. The van der Waals surface area contributed by atoms with Gasteiger partial charge in [-0.05, 0) is 19.1 Å². The molecular formula is C20H30NO7P. The maximum atomic E-state index is 12.5. The predicted molar refractivity (Wildman–Crippen MR) is 108 cm³/mol. The third-order valence-electron chi connectivity index (χ3n) is 4.92. The van der Waals surface area contributed by atoms with Gasteiger partial charge in [-0.1, -0.05) is 25.1 Å². The molecule has 162 valence electrons. The first-order valence-corrected chi connectivity index (χ1v) is 10.7. The lowest BCUT2D eigenvalue weighted by atomic mass is 9.99. The summed E-state index contributed by atoms with van der Waals surface area (Å²) in [5, 5.41) is 0. The van der Waals surface area contributed by atoms with Gasteiger partial charge in [-0.3, -0.25) is 4.79 Å². The highest BCUT2D eigenvalue weighted by atomic mass is 31.2. The first-order chi connectivity index (χ1) is 13.8. The number of hydrogen-bond donors (Lipinski definition) is 0. The number of amides is 1. The summed E-state index contributed by atoms with van der Waals surface area (Å²) < 4.78 is 28.2. The number of esters is 1. The molecule has 0 saturated carbocycles. The zero-order chi connectivity index (χ0) is 21.4. The number of nitrogens with zero attached hydrogens (tertiary/aromatic N) is 1. The number of ether oxygens (including phenoxy) is 2. The van der Waals surface area contributed by atoms with Crippen molar-refractivity contribution in [2.75, 3.05) is 33.9 Å². The molecule has 1 unspecified atom stereocenters. The monoisotopic (exact) mass is 427 g/mol. The van der Waals surface area contributed by atoms with E-state index in [1.807, 2.05) is 19.9 Å². The Labute approximate surface area is 173 Å². The van der Waals surface area contributed by atoms with Crippen LogP contribution in [0.1, 0.15) is 31.1 Å². The summed E-state index contributed by atoms with van der Waals surface area (Å²) in [5.74, 6) is -0.403. The molecule has 0 N–H and O–H groups in total. The second-order valence-electron chi connectivity index (χ2n) is 6.95. The van der Waals surface area contributed by atoms with Crippen molar-refractivity contribution in [1.82, 2.24) is 4.90 Å². The van der Waals surface area contributed by atoms with E-state index in [0.29, 0.717) is 18.7 Å². The summed E-state index contributed by atoms with van der Waals surface area (Å²) in [5.41, 5.74) is 0.496. The molecular weight excluding hydrogens is 397 g/mol. The summed E-state index contributed by atoms with van der Waals surface area (Å²) in [4.78, 5) is 25.2. The molecule has 0 aliphatic carbocycles. The summed E-state index contributed by atoms with van der Waals surface area (Å²) in [7, 11) is 1.60. The fraction of sp³-hybridized carbons (Fsp3) is 0.600. The minimum absolute atomic E-state index is 0.0233. The minimum atomic E-state index is -1.59. The van der Waals surface area contributed by atoms with E-state index in [1.54, 1.807) is 36.2 Å². The number of rotatable bonds is 10. The van der Waals surface area contributed by atoms with E-state index in [-0.39, 0.29) is 30.5 Å². The molecule has 1 amide bonds. The van der Waals surface area contributed by atoms with E-state index in [1.165, 1.54) is 14.0 Å². The van der Waals surface area contributed by atoms with Crippen LogP contribution < -0.4 is 0 Å². The lowest BCUT2D eigenvalue weighted by molar-refractivity contribution is -0.127. The van der Waals surface area contributed by atoms with Crippen LogP contribution in [0.5, 0.6) is 0 Å². The minimum Gasteiger partial charge on any atom is -0.456 e. The zero-order valence-corrected chi connectivity index (χ0v) is 18.5. The molecule has 1 heterocycles. The van der Waals surface area contributed by atoms with Crippen LogP contribution >= 0.6 is 8.60 Å². The quantitative estimate of drug-likeness (QED) is 0.419. The van der Waals surface area contributed by atoms with Gasteiger partial charge in [0.05, 0.1) is 24.9 Å². The fourth-order valence-electron chi connectivity index (χ4n) is 2.85. The Balaban J connectivity index is 1.88. The summed E-state index contributed by atoms with van der Waals surface area (Å²) in [6.07, 6.45) is -0.928. The molecule has 1 aliphatic heterocycles. The van der Waals surface area contributed by atoms with Crippen LogP contribution in [0.2, 0.25) is 0 Å². The van der Waals surface area contributed by atoms with Gasteiger partial charge in [0.15, 0.2) is 0 Å². The summed E-state index contributed by atoms with van der Waals surface area (Å²) in [6.45, 7) is 6.32. The van der Waals surface area contributed by atoms with Crippen LogP contribution in [-0.2, 0) is 27.8 Å². The van der Waals surface area contributed by atoms with Crippen molar-refractivity contribution in [3.05, 3.63) is 35.9 Å². The SMILES string of the molecule is COP(OCCN(C)C(C)=O)OC[C@H]1O[C@@H](C)[C@H](C)[C@@H]1OC(=O)c1ccccc1. The molecule has 1 aliphatic rings. The number of hydrogen-bond acceptors (Lipinski definition) is 7. The predicted octanol–water partition coefficient (Wildman–Crippen LogP) is 3.02. The first-order valence-electron chi connectivity index (χ1n) is 9.56. The normalized spacial score (nSPS) is 24.9. The molecule has 1 saturated heterocycles. The van der Waals surface area contributed by atoms with Crippen LogP contribution in [0.25, 0.3) is 0 Å². The molecule has 29 heavy (non-hydrogen) atoms. The van der Waals surface area contributed by atoms with Crippen molar-refractivity contribution < 1.29 is 32.6 Å². The first kappa shape index (κ1) is 23.7. The average molecular weight is 427 g/mol. The van der Waals surface area contributed by atoms with Crippen molar-refractivity contribution in [2.24, 2.45) is 5.92 Å². The van der Waals surface area contributed by atoms with Gasteiger partial charge in [0.2, 0.25) is 5.91 Å². The molecule has 0 bridgehead atoms. The molecule has 1 aromatic carbocycles. The van der Waals surface area contributed by atoms with E-state index < -0.39 is 20.8 Å².